The zero-order chi connectivity index (χ0) is 29.8. The van der Waals surface area contributed by atoms with Crippen LogP contribution in [0.25, 0.3) is 10.4 Å². The van der Waals surface area contributed by atoms with Crippen LogP contribution in [0.1, 0.15) is 45.6 Å². The number of ether oxygens (including phenoxy) is 1. The van der Waals surface area contributed by atoms with Crippen molar-refractivity contribution in [2.45, 2.75) is 37.8 Å². The quantitative estimate of drug-likeness (QED) is 0.354. The maximum absolute atomic E-state index is 13.0. The molecule has 0 spiro atoms. The first-order valence-corrected chi connectivity index (χ1v) is 16.5. The Hall–Kier alpha value is -3.23. The second-order valence-electron chi connectivity index (χ2n) is 11.2. The lowest BCUT2D eigenvalue weighted by Gasteiger charge is -2.37. The van der Waals surface area contributed by atoms with E-state index in [1.807, 2.05) is 18.3 Å². The van der Waals surface area contributed by atoms with Crippen LogP contribution in [0.15, 0.2) is 36.7 Å². The number of likely N-dealkylation sites (N-methyl/N-ethyl adjacent to an activating group) is 1. The molecule has 3 amide bonds. The lowest BCUT2D eigenvalue weighted by molar-refractivity contribution is -0.122. The van der Waals surface area contributed by atoms with Gasteiger partial charge >= 0.3 is 0 Å². The van der Waals surface area contributed by atoms with Gasteiger partial charge in [-0.25, -0.2) is 9.97 Å². The lowest BCUT2D eigenvalue weighted by atomic mass is 10.0. The predicted molar refractivity (Wildman–Crippen MR) is 166 cm³/mol. The number of amides is 3. The summed E-state index contributed by atoms with van der Waals surface area (Å²) >= 11 is 2.91. The molecule has 0 aliphatic carbocycles. The van der Waals surface area contributed by atoms with Crippen molar-refractivity contribution in [3.05, 3.63) is 52.2 Å². The molecule has 3 aliphatic heterocycles. The Labute approximate surface area is 259 Å². The minimum atomic E-state index is -0.160. The molecule has 13 heteroatoms. The van der Waals surface area contributed by atoms with Gasteiger partial charge in [-0.1, -0.05) is 35.6 Å². The molecule has 1 atom stereocenters. The fourth-order valence-corrected chi connectivity index (χ4v) is 7.32. The summed E-state index contributed by atoms with van der Waals surface area (Å²) in [5.74, 6) is 0.172. The van der Waals surface area contributed by atoms with Gasteiger partial charge in [0, 0.05) is 64.9 Å². The number of aromatic nitrogens is 2. The Morgan fingerprint density at radius 3 is 2.63 bits per heavy atom. The van der Waals surface area contributed by atoms with E-state index >= 15 is 0 Å². The molecule has 6 rings (SSSR count). The summed E-state index contributed by atoms with van der Waals surface area (Å²) in [4.78, 5) is 53.7. The maximum Gasteiger partial charge on any atom is 0.282 e. The third-order valence-corrected chi connectivity index (χ3v) is 10.5. The molecule has 0 unspecified atom stereocenters. The highest BCUT2D eigenvalue weighted by Crippen LogP contribution is 2.36. The summed E-state index contributed by atoms with van der Waals surface area (Å²) in [6.07, 6.45) is 5.83. The van der Waals surface area contributed by atoms with E-state index in [0.717, 1.165) is 73.2 Å². The summed E-state index contributed by atoms with van der Waals surface area (Å²) in [7, 11) is 1.74. The maximum atomic E-state index is 13.0. The monoisotopic (exact) mass is 623 g/mol. The molecule has 0 radical (unpaired) electrons. The number of nitrogens with one attached hydrogen (secondary N) is 2. The molecule has 3 saturated heterocycles. The smallest absolute Gasteiger partial charge is 0.282 e. The Bertz CT molecular complexity index is 1420. The minimum absolute atomic E-state index is 0.0141. The van der Waals surface area contributed by atoms with E-state index in [0.29, 0.717) is 36.1 Å². The number of benzene rings is 1. The summed E-state index contributed by atoms with van der Waals surface area (Å²) in [5.41, 5.74) is 2.14. The van der Waals surface area contributed by atoms with Gasteiger partial charge in [-0.05, 0) is 30.5 Å². The normalized spacial score (nSPS) is 19.3. The number of thiazole rings is 2. The number of hydrogen-bond acceptors (Lipinski definition) is 10. The van der Waals surface area contributed by atoms with E-state index in [-0.39, 0.29) is 29.7 Å². The topological polar surface area (TPSA) is 120 Å². The SMILES string of the molecule is CN(C(=O)[C@@H]1CCCN1)c1cnc(C(=O)N2CC(c3ncc(-c4ccc(CNC(=O)CCN5CCOCC5)cc4)s3)C2)s1. The largest absolute Gasteiger partial charge is 0.379 e. The van der Waals surface area contributed by atoms with Crippen molar-refractivity contribution < 1.29 is 19.1 Å². The second kappa shape index (κ2) is 13.6. The highest BCUT2D eigenvalue weighted by molar-refractivity contribution is 7.17. The number of anilines is 1. The van der Waals surface area contributed by atoms with Crippen LogP contribution in [-0.2, 0) is 20.9 Å². The first-order chi connectivity index (χ1) is 20.9. The Morgan fingerprint density at radius 2 is 1.88 bits per heavy atom. The Kier molecular flexibility index (Phi) is 9.43. The van der Waals surface area contributed by atoms with Gasteiger partial charge in [0.15, 0.2) is 5.01 Å². The van der Waals surface area contributed by atoms with Crippen LogP contribution in [0.5, 0.6) is 0 Å². The van der Waals surface area contributed by atoms with Crippen LogP contribution in [0.2, 0.25) is 0 Å². The third-order valence-electron chi connectivity index (χ3n) is 8.22. The van der Waals surface area contributed by atoms with Gasteiger partial charge in [0.1, 0.15) is 5.00 Å². The van der Waals surface area contributed by atoms with Crippen molar-refractivity contribution in [3.8, 4) is 10.4 Å². The fourth-order valence-electron chi connectivity index (χ4n) is 5.46. The van der Waals surface area contributed by atoms with Crippen molar-refractivity contribution in [3.63, 3.8) is 0 Å². The van der Waals surface area contributed by atoms with Gasteiger partial charge in [-0.15, -0.1) is 11.3 Å². The fraction of sp³-hybridized carbons (Fsp3) is 0.500. The molecule has 11 nitrogen and oxygen atoms in total. The molecule has 0 saturated carbocycles. The highest BCUT2D eigenvalue weighted by atomic mass is 32.1. The summed E-state index contributed by atoms with van der Waals surface area (Å²) < 4.78 is 5.35. The molecular formula is C30H37N7O4S2. The minimum Gasteiger partial charge on any atom is -0.379 e. The molecule has 5 heterocycles. The molecule has 228 valence electrons. The van der Waals surface area contributed by atoms with Crippen LogP contribution in [-0.4, -0.2) is 103 Å². The standard InChI is InChI=1S/C30H37N7O4S2/c1-35(29(39)23-3-2-9-31-23)26-17-34-28(43-26)30(40)37-18-22(19-37)27-33-16-24(42-27)21-6-4-20(5-7-21)15-32-25(38)8-10-36-11-13-41-14-12-36/h4-7,16-17,22-23,31H,2-3,8-15,18-19H2,1H3,(H,32,38)/t23-/m0/s1. The van der Waals surface area contributed by atoms with Gasteiger partial charge in [-0.2, -0.15) is 0 Å². The highest BCUT2D eigenvalue weighted by Gasteiger charge is 2.36. The summed E-state index contributed by atoms with van der Waals surface area (Å²) in [6, 6.07) is 8.05. The lowest BCUT2D eigenvalue weighted by Crippen LogP contribution is -2.48. The van der Waals surface area contributed by atoms with Gasteiger partial charge in [0.2, 0.25) is 11.8 Å². The second-order valence-corrected chi connectivity index (χ2v) is 13.3. The van der Waals surface area contributed by atoms with E-state index in [4.69, 9.17) is 4.74 Å². The number of likely N-dealkylation sites (tertiary alicyclic amines) is 1. The number of morpholine rings is 1. The average Bonchev–Trinajstić information content (AvgIpc) is 3.81. The van der Waals surface area contributed by atoms with Crippen LogP contribution in [0.4, 0.5) is 5.00 Å². The summed E-state index contributed by atoms with van der Waals surface area (Å²) in [6.45, 7) is 6.59. The number of hydrogen-bond donors (Lipinski definition) is 2. The molecule has 0 bridgehead atoms. The zero-order valence-corrected chi connectivity index (χ0v) is 25.9. The van der Waals surface area contributed by atoms with Crippen molar-refractivity contribution in [2.75, 3.05) is 64.4 Å². The van der Waals surface area contributed by atoms with Crippen molar-refractivity contribution in [1.82, 2.24) is 30.4 Å². The Balaban J connectivity index is 0.956. The van der Waals surface area contributed by atoms with Gasteiger partial charge in [-0.3, -0.25) is 19.3 Å². The van der Waals surface area contributed by atoms with Crippen molar-refractivity contribution in [2.24, 2.45) is 0 Å². The Morgan fingerprint density at radius 1 is 1.09 bits per heavy atom. The number of carbonyl (C=O) groups excluding carboxylic acids is 3. The number of rotatable bonds is 10. The van der Waals surface area contributed by atoms with E-state index in [9.17, 15) is 14.4 Å². The van der Waals surface area contributed by atoms with E-state index in [2.05, 4.69) is 37.6 Å². The van der Waals surface area contributed by atoms with Gasteiger partial charge in [0.05, 0.1) is 35.3 Å². The molecular weight excluding hydrogens is 587 g/mol. The molecule has 3 aromatic rings. The van der Waals surface area contributed by atoms with Crippen LogP contribution < -0.4 is 15.5 Å². The molecule has 1 aromatic carbocycles. The number of carbonyl (C=O) groups is 3. The van der Waals surface area contributed by atoms with Gasteiger partial charge < -0.3 is 25.2 Å². The van der Waals surface area contributed by atoms with Gasteiger partial charge in [0.25, 0.3) is 5.91 Å². The van der Waals surface area contributed by atoms with Crippen LogP contribution in [0.3, 0.4) is 0 Å². The first-order valence-electron chi connectivity index (χ1n) is 14.8. The molecule has 2 N–H and O–H groups in total. The predicted octanol–water partition coefficient (Wildman–Crippen LogP) is 2.56. The van der Waals surface area contributed by atoms with Crippen molar-refractivity contribution in [1.29, 1.82) is 0 Å². The average molecular weight is 624 g/mol. The first kappa shape index (κ1) is 29.8. The molecule has 2 aromatic heterocycles. The zero-order valence-electron chi connectivity index (χ0n) is 24.3. The van der Waals surface area contributed by atoms with E-state index in [1.54, 1.807) is 34.4 Å². The molecule has 43 heavy (non-hydrogen) atoms. The molecule has 3 aliphatic rings. The van der Waals surface area contributed by atoms with Crippen LogP contribution >= 0.6 is 22.7 Å². The summed E-state index contributed by atoms with van der Waals surface area (Å²) in [5, 5.41) is 8.35. The number of nitrogens with zero attached hydrogens (tertiary/aromatic N) is 5. The van der Waals surface area contributed by atoms with E-state index in [1.165, 1.54) is 11.3 Å². The van der Waals surface area contributed by atoms with E-state index < -0.39 is 0 Å². The van der Waals surface area contributed by atoms with Crippen LogP contribution in [0, 0.1) is 0 Å². The third kappa shape index (κ3) is 7.13. The molecule has 3 fully saturated rings. The van der Waals surface area contributed by atoms with Crippen molar-refractivity contribution >= 4 is 45.4 Å².